The number of nitrogens with one attached hydrogen (secondary N) is 2. The van der Waals surface area contributed by atoms with Crippen LogP contribution in [0.1, 0.15) is 97.6 Å². The number of hydrogen-bond donors (Lipinski definition) is 2. The van der Waals surface area contributed by atoms with Gasteiger partial charge < -0.3 is 62.7 Å². The molecule has 0 amide bonds. The van der Waals surface area contributed by atoms with Crippen molar-refractivity contribution in [2.24, 2.45) is 29.6 Å². The zero-order chi connectivity index (χ0) is 54.1. The van der Waals surface area contributed by atoms with Crippen LogP contribution in [0.2, 0.25) is 0 Å². The molecule has 0 radical (unpaired) electrons. The van der Waals surface area contributed by atoms with Crippen LogP contribution in [0.3, 0.4) is 0 Å². The number of para-hydroxylation sites is 2. The van der Waals surface area contributed by atoms with Gasteiger partial charge in [0.2, 0.25) is 0 Å². The fourth-order valence-electron chi connectivity index (χ4n) is 12.3. The molecule has 13 heteroatoms. The average molecular weight is 1070 g/mol. The molecule has 78 heavy (non-hydrogen) atoms. The van der Waals surface area contributed by atoms with E-state index in [9.17, 15) is 0 Å². The van der Waals surface area contributed by atoms with Gasteiger partial charge in [-0.1, -0.05) is 183 Å². The minimum absolute atomic E-state index is 0.0335. The summed E-state index contributed by atoms with van der Waals surface area (Å²) < 4.78 is 78.0. The maximum Gasteiger partial charge on any atom is 0.187 e. The minimum atomic E-state index is -0.925. The summed E-state index contributed by atoms with van der Waals surface area (Å²) in [6, 6.07) is 50.3. The normalized spacial score (nSPS) is 37.0. The van der Waals surface area contributed by atoms with E-state index in [1.165, 1.54) is 0 Å². The summed E-state index contributed by atoms with van der Waals surface area (Å²) in [7, 11) is 0. The number of benzene rings is 5. The smallest absolute Gasteiger partial charge is 0.187 e. The van der Waals surface area contributed by atoms with E-state index in [4.69, 9.17) is 52.1 Å². The summed E-state index contributed by atoms with van der Waals surface area (Å²) in [5.41, 5.74) is 4.92. The van der Waals surface area contributed by atoms with E-state index >= 15 is 0 Å². The van der Waals surface area contributed by atoms with Crippen molar-refractivity contribution in [3.8, 4) is 0 Å². The molecular weight excluding hydrogens is 985 g/mol. The molecule has 13 nitrogen and oxygen atoms in total. The summed E-state index contributed by atoms with van der Waals surface area (Å²) in [6.45, 7) is 18.7. The molecule has 0 aliphatic carbocycles. The molecule has 5 aliphatic rings. The van der Waals surface area contributed by atoms with Gasteiger partial charge in [0.15, 0.2) is 31.5 Å². The third kappa shape index (κ3) is 13.0. The lowest BCUT2D eigenvalue weighted by molar-refractivity contribution is -0.402. The monoisotopic (exact) mass is 1070 g/mol. The van der Waals surface area contributed by atoms with Crippen molar-refractivity contribution in [3.05, 3.63) is 168 Å². The first kappa shape index (κ1) is 56.5. The van der Waals surface area contributed by atoms with E-state index in [1.807, 2.05) is 103 Å². The SMILES string of the molecule is CCC1O[C@@H](O[C@@H]2C(OCc3ccccc3)[C@H](O[C@@H]3C(CC)O[C@@H](O[C@@H]4C(CC)O[C@@H](OCc5ccccc5)C(Nc5ccccc5)[C@H]4C)C(Nc4ccccc4)[C@H]3C)OC3COC(c4ccccc4)O[C@H]32)[C@@H](C)C(C)[C@H]1C. The Morgan fingerprint density at radius 3 is 1.42 bits per heavy atom. The number of rotatable bonds is 20. The summed E-state index contributed by atoms with van der Waals surface area (Å²) in [4.78, 5) is 0. The van der Waals surface area contributed by atoms with Gasteiger partial charge in [-0.3, -0.25) is 0 Å². The Labute approximate surface area is 463 Å². The van der Waals surface area contributed by atoms with Crippen molar-refractivity contribution in [2.45, 2.75) is 186 Å². The quantitative estimate of drug-likeness (QED) is 0.0769. The van der Waals surface area contributed by atoms with Gasteiger partial charge in [-0.2, -0.15) is 0 Å². The van der Waals surface area contributed by atoms with E-state index in [0.717, 1.165) is 34.5 Å². The molecule has 0 bridgehead atoms. The zero-order valence-corrected chi connectivity index (χ0v) is 46.8. The van der Waals surface area contributed by atoms with Gasteiger partial charge >= 0.3 is 0 Å². The predicted octanol–water partition coefficient (Wildman–Crippen LogP) is 12.3. The van der Waals surface area contributed by atoms with Crippen LogP contribution >= 0.6 is 0 Å². The van der Waals surface area contributed by atoms with Gasteiger partial charge in [0.05, 0.1) is 62.4 Å². The first-order valence-electron chi connectivity index (χ1n) is 28.9. The van der Waals surface area contributed by atoms with Crippen molar-refractivity contribution < 1.29 is 52.1 Å². The second kappa shape index (κ2) is 26.7. The van der Waals surface area contributed by atoms with Crippen LogP contribution in [0.4, 0.5) is 11.4 Å². The topological polar surface area (TPSA) is 126 Å². The van der Waals surface area contributed by atoms with Crippen LogP contribution < -0.4 is 10.6 Å². The van der Waals surface area contributed by atoms with Crippen LogP contribution in [0, 0.1) is 29.6 Å². The molecule has 2 N–H and O–H groups in total. The molecule has 9 unspecified atom stereocenters. The Bertz CT molecular complexity index is 2530. The predicted molar refractivity (Wildman–Crippen MR) is 300 cm³/mol. The standard InChI is InChI=1S/C65H84N2O11/c1-9-50-41(5)40(4)42(6)61(71-50)78-59-58-53(39-70-62(77-58)47-31-21-14-22-32-47)74-65(60(59)68-37-45-27-17-12-18-28-45)76-57-44(8)55(67-49-35-25-16-26-36-49)64(73-52(57)11-3)75-56-43(7)54(66-48-33-23-15-24-34-48)63(72-51(56)10-2)69-38-46-29-19-13-20-30-46/h12-36,40-44,50-67H,9-11,37-39H2,1-8H3/t40?,41-,42+,43-,44-,50?,51?,52?,53?,54?,55?,56+,57+,58-,59+,60?,61+,62?,63-,64+,65+/m1/s1. The second-order valence-corrected chi connectivity index (χ2v) is 22.3. The molecular formula is C65H84N2O11. The molecule has 5 aliphatic heterocycles. The molecule has 21 atom stereocenters. The number of hydrogen-bond acceptors (Lipinski definition) is 13. The third-order valence-electron chi connectivity index (χ3n) is 17.3. The molecule has 0 spiro atoms. The Balaban J connectivity index is 0.962. The van der Waals surface area contributed by atoms with E-state index in [-0.39, 0.29) is 61.4 Å². The highest BCUT2D eigenvalue weighted by atomic mass is 16.8. The van der Waals surface area contributed by atoms with Crippen LogP contribution in [0.15, 0.2) is 152 Å². The Hall–Kier alpha value is -4.74. The summed E-state index contributed by atoms with van der Waals surface area (Å²) in [6.07, 6.45) is -5.25. The zero-order valence-electron chi connectivity index (χ0n) is 46.8. The first-order chi connectivity index (χ1) is 38.1. The highest BCUT2D eigenvalue weighted by Gasteiger charge is 2.57. The summed E-state index contributed by atoms with van der Waals surface area (Å²) >= 11 is 0. The van der Waals surface area contributed by atoms with Gasteiger partial charge in [0.1, 0.15) is 24.4 Å². The molecule has 5 aromatic carbocycles. The fraction of sp³-hybridized carbons (Fsp3) is 0.538. The van der Waals surface area contributed by atoms with Crippen LogP contribution in [-0.2, 0) is 65.3 Å². The van der Waals surface area contributed by atoms with Gasteiger partial charge in [0, 0.05) is 34.7 Å². The Morgan fingerprint density at radius 1 is 0.410 bits per heavy atom. The number of anilines is 2. The van der Waals surface area contributed by atoms with Crippen LogP contribution in [-0.4, -0.2) is 98.8 Å². The minimum Gasteiger partial charge on any atom is -0.377 e. The van der Waals surface area contributed by atoms with Gasteiger partial charge in [-0.25, -0.2) is 0 Å². The molecule has 5 aromatic rings. The van der Waals surface area contributed by atoms with Gasteiger partial charge in [0.25, 0.3) is 0 Å². The average Bonchev–Trinajstić information content (AvgIpc) is 3.62. The van der Waals surface area contributed by atoms with E-state index in [1.54, 1.807) is 0 Å². The third-order valence-corrected chi connectivity index (χ3v) is 17.3. The molecule has 5 saturated heterocycles. The molecule has 5 fully saturated rings. The molecule has 5 heterocycles. The summed E-state index contributed by atoms with van der Waals surface area (Å²) in [5.74, 6) is 0.528. The van der Waals surface area contributed by atoms with Crippen LogP contribution in [0.25, 0.3) is 0 Å². The van der Waals surface area contributed by atoms with Crippen molar-refractivity contribution in [3.63, 3.8) is 0 Å². The van der Waals surface area contributed by atoms with Crippen LogP contribution in [0.5, 0.6) is 0 Å². The lowest BCUT2D eigenvalue weighted by Gasteiger charge is -2.53. The molecule has 420 valence electrons. The van der Waals surface area contributed by atoms with Gasteiger partial charge in [-0.05, 0) is 66.5 Å². The van der Waals surface area contributed by atoms with Crippen molar-refractivity contribution >= 4 is 11.4 Å². The molecule has 0 saturated carbocycles. The van der Waals surface area contributed by atoms with Crippen molar-refractivity contribution in [1.82, 2.24) is 0 Å². The largest absolute Gasteiger partial charge is 0.377 e. The fourth-order valence-corrected chi connectivity index (χ4v) is 12.3. The lowest BCUT2D eigenvalue weighted by Crippen LogP contribution is -2.67. The number of fused-ring (bicyclic) bond motifs is 1. The first-order valence-corrected chi connectivity index (χ1v) is 28.9. The van der Waals surface area contributed by atoms with Gasteiger partial charge in [-0.15, -0.1) is 0 Å². The van der Waals surface area contributed by atoms with E-state index in [0.29, 0.717) is 31.3 Å². The molecule has 0 aromatic heterocycles. The van der Waals surface area contributed by atoms with E-state index < -0.39 is 68.1 Å². The Morgan fingerprint density at radius 2 is 0.872 bits per heavy atom. The highest BCUT2D eigenvalue weighted by Crippen LogP contribution is 2.44. The molecule has 10 rings (SSSR count). The van der Waals surface area contributed by atoms with Crippen molar-refractivity contribution in [1.29, 1.82) is 0 Å². The second-order valence-electron chi connectivity index (χ2n) is 22.3. The number of ether oxygens (including phenoxy) is 11. The Kier molecular flexibility index (Phi) is 19.3. The van der Waals surface area contributed by atoms with Crippen molar-refractivity contribution in [2.75, 3.05) is 17.2 Å². The lowest BCUT2D eigenvalue weighted by atomic mass is 9.78. The maximum absolute atomic E-state index is 7.52. The summed E-state index contributed by atoms with van der Waals surface area (Å²) in [5, 5.41) is 7.66. The van der Waals surface area contributed by atoms with E-state index in [2.05, 4.69) is 115 Å². The maximum atomic E-state index is 7.52. The highest BCUT2D eigenvalue weighted by molar-refractivity contribution is 5.45.